The molecule has 5 fully saturated rings. The first-order valence-electron chi connectivity index (χ1n) is 10.5. The summed E-state index contributed by atoms with van der Waals surface area (Å²) in [5.74, 6) is 1.59. The fourth-order valence-electron chi connectivity index (χ4n) is 6.51. The van der Waals surface area contributed by atoms with Crippen molar-refractivity contribution in [2.75, 3.05) is 31.1 Å². The molecule has 0 unspecified atom stereocenters. The third-order valence-corrected chi connectivity index (χ3v) is 7.30. The topological polar surface area (TPSA) is 52.7 Å². The summed E-state index contributed by atoms with van der Waals surface area (Å²) in [7, 11) is 0. The molecule has 1 aliphatic heterocycles. The first kappa shape index (κ1) is 17.1. The van der Waals surface area contributed by atoms with Crippen LogP contribution in [0.2, 0.25) is 0 Å². The van der Waals surface area contributed by atoms with Crippen LogP contribution in [0.4, 0.5) is 5.69 Å². The number of anilines is 1. The number of nitrogens with zero attached hydrogens (tertiary/aromatic N) is 2. The number of piperazine rings is 1. The van der Waals surface area contributed by atoms with E-state index in [1.807, 2.05) is 18.2 Å². The number of benzene rings is 1. The highest BCUT2D eigenvalue weighted by molar-refractivity contribution is 6.35. The van der Waals surface area contributed by atoms with Crippen molar-refractivity contribution in [1.82, 2.24) is 10.2 Å². The van der Waals surface area contributed by atoms with Gasteiger partial charge in [0.15, 0.2) is 0 Å². The Kier molecular flexibility index (Phi) is 4.14. The largest absolute Gasteiger partial charge is 0.368 e. The number of nitrogens with one attached hydrogen (secondary N) is 1. The molecule has 0 radical (unpaired) electrons. The lowest BCUT2D eigenvalue weighted by atomic mass is 9.53. The Balaban J connectivity index is 1.19. The van der Waals surface area contributed by atoms with Gasteiger partial charge in [-0.15, -0.1) is 0 Å². The van der Waals surface area contributed by atoms with Gasteiger partial charge in [0.2, 0.25) is 0 Å². The number of carbonyl (C=O) groups is 2. The fourth-order valence-corrected chi connectivity index (χ4v) is 6.51. The minimum atomic E-state index is -0.370. The van der Waals surface area contributed by atoms with Gasteiger partial charge in [0.05, 0.1) is 0 Å². The standard InChI is InChI=1S/C22H29N3O2/c26-20(23-22-13-16-10-17(14-22)12-18(11-16)15-22)21(27)25-8-6-24(7-9-25)19-4-2-1-3-5-19/h1-5,16-18H,6-15H2,(H,23,26). The van der Waals surface area contributed by atoms with E-state index in [0.29, 0.717) is 13.1 Å². The van der Waals surface area contributed by atoms with Crippen LogP contribution in [0.15, 0.2) is 30.3 Å². The van der Waals surface area contributed by atoms with E-state index < -0.39 is 0 Å². The molecule has 1 aromatic carbocycles. The number of carbonyl (C=O) groups excluding carboxylic acids is 2. The minimum absolute atomic E-state index is 0.0899. The highest BCUT2D eigenvalue weighted by Crippen LogP contribution is 2.55. The van der Waals surface area contributed by atoms with Crippen LogP contribution >= 0.6 is 0 Å². The second kappa shape index (κ2) is 6.54. The van der Waals surface area contributed by atoms with Gasteiger partial charge in [0.1, 0.15) is 0 Å². The lowest BCUT2D eigenvalue weighted by Gasteiger charge is -2.56. The van der Waals surface area contributed by atoms with Gasteiger partial charge >= 0.3 is 11.8 Å². The van der Waals surface area contributed by atoms with Crippen LogP contribution in [-0.4, -0.2) is 48.4 Å². The Bertz CT molecular complexity index is 689. The zero-order chi connectivity index (χ0) is 18.4. The van der Waals surface area contributed by atoms with Crippen LogP contribution in [0.25, 0.3) is 0 Å². The predicted molar refractivity (Wildman–Crippen MR) is 104 cm³/mol. The number of hydrogen-bond donors (Lipinski definition) is 1. The molecule has 1 saturated heterocycles. The van der Waals surface area contributed by atoms with Crippen LogP contribution < -0.4 is 10.2 Å². The SMILES string of the molecule is O=C(NC12CC3CC(CC(C3)C1)C2)C(=O)N1CCN(c2ccccc2)CC1. The van der Waals surface area contributed by atoms with Gasteiger partial charge in [0, 0.05) is 37.4 Å². The second-order valence-corrected chi connectivity index (χ2v) is 9.27. The average Bonchev–Trinajstić information content (AvgIpc) is 2.67. The molecule has 4 bridgehead atoms. The third kappa shape index (κ3) is 3.21. The predicted octanol–water partition coefficient (Wildman–Crippen LogP) is 2.42. The summed E-state index contributed by atoms with van der Waals surface area (Å²) in [6.07, 6.45) is 7.26. The lowest BCUT2D eigenvalue weighted by molar-refractivity contribution is -0.149. The molecule has 6 rings (SSSR count). The third-order valence-electron chi connectivity index (χ3n) is 7.30. The summed E-state index contributed by atoms with van der Waals surface area (Å²) < 4.78 is 0. The molecule has 0 spiro atoms. The van der Waals surface area contributed by atoms with Gasteiger partial charge in [-0.25, -0.2) is 0 Å². The Labute approximate surface area is 161 Å². The zero-order valence-corrected chi connectivity index (χ0v) is 15.9. The van der Waals surface area contributed by atoms with Crippen molar-refractivity contribution in [3.05, 3.63) is 30.3 Å². The van der Waals surface area contributed by atoms with E-state index in [0.717, 1.165) is 50.1 Å². The van der Waals surface area contributed by atoms with Crippen LogP contribution in [0.3, 0.4) is 0 Å². The number of para-hydroxylation sites is 1. The van der Waals surface area contributed by atoms with Crippen LogP contribution in [0.1, 0.15) is 38.5 Å². The first-order valence-corrected chi connectivity index (χ1v) is 10.5. The minimum Gasteiger partial charge on any atom is -0.368 e. The van der Waals surface area contributed by atoms with Gasteiger partial charge in [-0.1, -0.05) is 18.2 Å². The monoisotopic (exact) mass is 367 g/mol. The molecule has 2 amide bonds. The quantitative estimate of drug-likeness (QED) is 0.817. The Morgan fingerprint density at radius 3 is 1.96 bits per heavy atom. The molecule has 27 heavy (non-hydrogen) atoms. The first-order chi connectivity index (χ1) is 13.1. The molecule has 1 N–H and O–H groups in total. The highest BCUT2D eigenvalue weighted by Gasteiger charge is 2.52. The fraction of sp³-hybridized carbons (Fsp3) is 0.636. The smallest absolute Gasteiger partial charge is 0.312 e. The molecule has 1 heterocycles. The van der Waals surface area contributed by atoms with Gasteiger partial charge in [0.25, 0.3) is 0 Å². The van der Waals surface area contributed by atoms with E-state index in [2.05, 4.69) is 22.3 Å². The molecular formula is C22H29N3O2. The molecular weight excluding hydrogens is 338 g/mol. The van der Waals surface area contributed by atoms with E-state index in [1.54, 1.807) is 4.90 Å². The van der Waals surface area contributed by atoms with Crippen molar-refractivity contribution < 1.29 is 9.59 Å². The maximum absolute atomic E-state index is 12.8. The summed E-state index contributed by atoms with van der Waals surface area (Å²) >= 11 is 0. The van der Waals surface area contributed by atoms with Crippen molar-refractivity contribution in [1.29, 1.82) is 0 Å². The summed E-state index contributed by atoms with van der Waals surface area (Å²) in [4.78, 5) is 29.5. The summed E-state index contributed by atoms with van der Waals surface area (Å²) in [6.45, 7) is 2.78. The normalized spacial score (nSPS) is 34.6. The molecule has 5 heteroatoms. The van der Waals surface area contributed by atoms with E-state index >= 15 is 0 Å². The van der Waals surface area contributed by atoms with Crippen molar-refractivity contribution in [2.24, 2.45) is 17.8 Å². The summed E-state index contributed by atoms with van der Waals surface area (Å²) in [5.41, 5.74) is 1.09. The molecule has 0 aromatic heterocycles. The van der Waals surface area contributed by atoms with Crippen LogP contribution in [-0.2, 0) is 9.59 Å². The van der Waals surface area contributed by atoms with Crippen molar-refractivity contribution in [2.45, 2.75) is 44.1 Å². The van der Waals surface area contributed by atoms with Crippen molar-refractivity contribution in [3.8, 4) is 0 Å². The molecule has 4 aliphatic carbocycles. The molecule has 1 aromatic rings. The molecule has 5 nitrogen and oxygen atoms in total. The average molecular weight is 367 g/mol. The molecule has 0 atom stereocenters. The maximum atomic E-state index is 12.8. The molecule has 5 aliphatic rings. The number of amides is 2. The molecule has 4 saturated carbocycles. The van der Waals surface area contributed by atoms with E-state index in [-0.39, 0.29) is 17.4 Å². The molecule has 144 valence electrons. The second-order valence-electron chi connectivity index (χ2n) is 9.27. The Morgan fingerprint density at radius 1 is 0.852 bits per heavy atom. The summed E-state index contributed by atoms with van der Waals surface area (Å²) in [6, 6.07) is 10.3. The van der Waals surface area contributed by atoms with Gasteiger partial charge in [-0.05, 0) is 68.4 Å². The maximum Gasteiger partial charge on any atom is 0.312 e. The van der Waals surface area contributed by atoms with Gasteiger partial charge < -0.3 is 15.1 Å². The van der Waals surface area contributed by atoms with E-state index in [4.69, 9.17) is 0 Å². The van der Waals surface area contributed by atoms with Gasteiger partial charge in [-0.3, -0.25) is 9.59 Å². The number of rotatable bonds is 2. The van der Waals surface area contributed by atoms with E-state index in [1.165, 1.54) is 24.9 Å². The lowest BCUT2D eigenvalue weighted by Crippen LogP contribution is -2.62. The summed E-state index contributed by atoms with van der Waals surface area (Å²) in [5, 5.41) is 3.22. The number of hydrogen-bond acceptors (Lipinski definition) is 3. The zero-order valence-electron chi connectivity index (χ0n) is 15.9. The Morgan fingerprint density at radius 2 is 1.41 bits per heavy atom. The Hall–Kier alpha value is -2.04. The highest BCUT2D eigenvalue weighted by atomic mass is 16.2. The van der Waals surface area contributed by atoms with Crippen LogP contribution in [0.5, 0.6) is 0 Å². The van der Waals surface area contributed by atoms with Crippen LogP contribution in [0, 0.1) is 17.8 Å². The van der Waals surface area contributed by atoms with Gasteiger partial charge in [-0.2, -0.15) is 0 Å². The van der Waals surface area contributed by atoms with Crippen molar-refractivity contribution in [3.63, 3.8) is 0 Å². The van der Waals surface area contributed by atoms with Crippen molar-refractivity contribution >= 4 is 17.5 Å². The van der Waals surface area contributed by atoms with E-state index in [9.17, 15) is 9.59 Å².